The highest BCUT2D eigenvalue weighted by atomic mass is 32.2. The SMILES string of the molecule is CSc1ccccc1C(=O)c1cc(C)sc1C. The van der Waals surface area contributed by atoms with Crippen molar-refractivity contribution in [1.29, 1.82) is 0 Å². The maximum absolute atomic E-state index is 12.5. The zero-order valence-corrected chi connectivity index (χ0v) is 11.7. The van der Waals surface area contributed by atoms with Crippen molar-refractivity contribution >= 4 is 28.9 Å². The number of aryl methyl sites for hydroxylation is 2. The normalized spacial score (nSPS) is 10.5. The molecular weight excluding hydrogens is 248 g/mol. The molecule has 0 aliphatic heterocycles. The molecule has 0 saturated carbocycles. The van der Waals surface area contributed by atoms with Crippen molar-refractivity contribution in [2.45, 2.75) is 18.7 Å². The molecule has 2 aromatic rings. The van der Waals surface area contributed by atoms with Crippen LogP contribution < -0.4 is 0 Å². The Hall–Kier alpha value is -1.06. The van der Waals surface area contributed by atoms with E-state index in [9.17, 15) is 4.79 Å². The Bertz CT molecular complexity index is 555. The summed E-state index contributed by atoms with van der Waals surface area (Å²) in [6.45, 7) is 4.04. The third-order valence-electron chi connectivity index (χ3n) is 2.64. The smallest absolute Gasteiger partial charge is 0.195 e. The maximum atomic E-state index is 12.5. The van der Waals surface area contributed by atoms with E-state index in [1.54, 1.807) is 23.1 Å². The highest BCUT2D eigenvalue weighted by Crippen LogP contribution is 2.27. The van der Waals surface area contributed by atoms with Gasteiger partial charge in [-0.25, -0.2) is 0 Å². The van der Waals surface area contributed by atoms with Crippen LogP contribution in [0.3, 0.4) is 0 Å². The van der Waals surface area contributed by atoms with Crippen molar-refractivity contribution in [2.75, 3.05) is 6.26 Å². The van der Waals surface area contributed by atoms with Gasteiger partial charge in [0.25, 0.3) is 0 Å². The molecule has 0 atom stereocenters. The van der Waals surface area contributed by atoms with Crippen LogP contribution in [0.5, 0.6) is 0 Å². The van der Waals surface area contributed by atoms with Crippen LogP contribution in [0.2, 0.25) is 0 Å². The molecule has 0 saturated heterocycles. The molecule has 0 bridgehead atoms. The lowest BCUT2D eigenvalue weighted by Crippen LogP contribution is -2.02. The van der Waals surface area contributed by atoms with E-state index < -0.39 is 0 Å². The molecule has 0 fully saturated rings. The quantitative estimate of drug-likeness (QED) is 0.605. The molecule has 3 heteroatoms. The van der Waals surface area contributed by atoms with E-state index in [1.165, 1.54) is 4.88 Å². The summed E-state index contributed by atoms with van der Waals surface area (Å²) in [5, 5.41) is 0. The number of carbonyl (C=O) groups excluding carboxylic acids is 1. The van der Waals surface area contributed by atoms with Crippen LogP contribution in [-0.4, -0.2) is 12.0 Å². The first-order chi connectivity index (χ1) is 8.13. The molecule has 0 unspecified atom stereocenters. The first-order valence-electron chi connectivity index (χ1n) is 5.38. The largest absolute Gasteiger partial charge is 0.289 e. The molecule has 1 heterocycles. The number of benzene rings is 1. The van der Waals surface area contributed by atoms with Gasteiger partial charge < -0.3 is 0 Å². The van der Waals surface area contributed by atoms with Crippen LogP contribution in [-0.2, 0) is 0 Å². The Morgan fingerprint density at radius 2 is 1.88 bits per heavy atom. The van der Waals surface area contributed by atoms with Crippen LogP contribution in [0.15, 0.2) is 35.2 Å². The van der Waals surface area contributed by atoms with Gasteiger partial charge in [-0.05, 0) is 38.3 Å². The van der Waals surface area contributed by atoms with Crippen LogP contribution >= 0.6 is 23.1 Å². The molecule has 0 aliphatic rings. The fraction of sp³-hybridized carbons (Fsp3) is 0.214. The van der Waals surface area contributed by atoms with Gasteiger partial charge in [-0.3, -0.25) is 4.79 Å². The standard InChI is InChI=1S/C14H14OS2/c1-9-8-12(10(2)17-9)14(15)11-6-4-5-7-13(11)16-3/h4-8H,1-3H3. The number of rotatable bonds is 3. The molecule has 0 amide bonds. The second kappa shape index (κ2) is 5.07. The van der Waals surface area contributed by atoms with E-state index >= 15 is 0 Å². The van der Waals surface area contributed by atoms with Crippen molar-refractivity contribution < 1.29 is 4.79 Å². The Morgan fingerprint density at radius 1 is 1.18 bits per heavy atom. The number of hydrogen-bond donors (Lipinski definition) is 0. The van der Waals surface area contributed by atoms with Gasteiger partial charge in [0.2, 0.25) is 0 Å². The van der Waals surface area contributed by atoms with Crippen LogP contribution in [0.1, 0.15) is 25.7 Å². The first-order valence-corrected chi connectivity index (χ1v) is 7.42. The highest BCUT2D eigenvalue weighted by Gasteiger charge is 2.16. The van der Waals surface area contributed by atoms with E-state index in [0.29, 0.717) is 0 Å². The predicted molar refractivity (Wildman–Crippen MR) is 75.4 cm³/mol. The Kier molecular flexibility index (Phi) is 3.69. The summed E-state index contributed by atoms with van der Waals surface area (Å²) in [5.41, 5.74) is 1.65. The highest BCUT2D eigenvalue weighted by molar-refractivity contribution is 7.98. The van der Waals surface area contributed by atoms with Gasteiger partial charge in [0.1, 0.15) is 0 Å². The predicted octanol–water partition coefficient (Wildman–Crippen LogP) is 4.32. The van der Waals surface area contributed by atoms with Gasteiger partial charge in [0, 0.05) is 25.8 Å². The number of carbonyl (C=O) groups is 1. The van der Waals surface area contributed by atoms with Crippen LogP contribution in [0, 0.1) is 13.8 Å². The average molecular weight is 262 g/mol. The van der Waals surface area contributed by atoms with Crippen LogP contribution in [0.25, 0.3) is 0 Å². The van der Waals surface area contributed by atoms with Gasteiger partial charge in [0.05, 0.1) is 0 Å². The molecule has 1 aromatic heterocycles. The maximum Gasteiger partial charge on any atom is 0.195 e. The summed E-state index contributed by atoms with van der Waals surface area (Å²) < 4.78 is 0. The van der Waals surface area contributed by atoms with Crippen molar-refractivity contribution in [3.63, 3.8) is 0 Å². The summed E-state index contributed by atoms with van der Waals surface area (Å²) >= 11 is 3.29. The Balaban J connectivity index is 2.47. The lowest BCUT2D eigenvalue weighted by molar-refractivity contribution is 0.103. The van der Waals surface area contributed by atoms with Gasteiger partial charge >= 0.3 is 0 Å². The molecule has 1 aromatic carbocycles. The van der Waals surface area contributed by atoms with E-state index in [-0.39, 0.29) is 5.78 Å². The molecule has 2 rings (SSSR count). The van der Waals surface area contributed by atoms with E-state index in [0.717, 1.165) is 20.9 Å². The third kappa shape index (κ3) is 2.45. The average Bonchev–Trinajstić information content (AvgIpc) is 2.67. The second-order valence-electron chi connectivity index (χ2n) is 3.86. The minimum absolute atomic E-state index is 0.136. The van der Waals surface area contributed by atoms with E-state index in [4.69, 9.17) is 0 Å². The number of ketones is 1. The summed E-state index contributed by atoms with van der Waals surface area (Å²) in [5.74, 6) is 0.136. The topological polar surface area (TPSA) is 17.1 Å². The summed E-state index contributed by atoms with van der Waals surface area (Å²) in [4.78, 5) is 15.8. The second-order valence-corrected chi connectivity index (χ2v) is 6.16. The number of thioether (sulfide) groups is 1. The molecular formula is C14H14OS2. The number of thiophene rings is 1. The zero-order valence-electron chi connectivity index (χ0n) is 10.1. The molecule has 0 aliphatic carbocycles. The van der Waals surface area contributed by atoms with Crippen molar-refractivity contribution in [2.24, 2.45) is 0 Å². The van der Waals surface area contributed by atoms with Crippen molar-refractivity contribution in [3.05, 3.63) is 51.2 Å². The van der Waals surface area contributed by atoms with Crippen molar-refractivity contribution in [1.82, 2.24) is 0 Å². The first kappa shape index (κ1) is 12.4. The fourth-order valence-corrected chi connectivity index (χ4v) is 3.35. The molecule has 0 N–H and O–H groups in total. The summed E-state index contributed by atoms with van der Waals surface area (Å²) in [7, 11) is 0. The van der Waals surface area contributed by atoms with Gasteiger partial charge in [0.15, 0.2) is 5.78 Å². The van der Waals surface area contributed by atoms with Gasteiger partial charge in [-0.1, -0.05) is 12.1 Å². The van der Waals surface area contributed by atoms with E-state index in [2.05, 4.69) is 0 Å². The van der Waals surface area contributed by atoms with Crippen LogP contribution in [0.4, 0.5) is 0 Å². The Labute approximate surface area is 110 Å². The zero-order chi connectivity index (χ0) is 12.4. The molecule has 1 nitrogen and oxygen atoms in total. The summed E-state index contributed by atoms with van der Waals surface area (Å²) in [6.07, 6.45) is 2.00. The molecule has 0 spiro atoms. The lowest BCUT2D eigenvalue weighted by Gasteiger charge is -2.05. The molecule has 88 valence electrons. The minimum atomic E-state index is 0.136. The van der Waals surface area contributed by atoms with Crippen molar-refractivity contribution in [3.8, 4) is 0 Å². The van der Waals surface area contributed by atoms with Gasteiger partial charge in [-0.2, -0.15) is 0 Å². The molecule has 17 heavy (non-hydrogen) atoms. The Morgan fingerprint density at radius 3 is 2.47 bits per heavy atom. The minimum Gasteiger partial charge on any atom is -0.289 e. The molecule has 0 radical (unpaired) electrons. The van der Waals surface area contributed by atoms with E-state index in [1.807, 2.05) is 50.4 Å². The fourth-order valence-electron chi connectivity index (χ4n) is 1.83. The van der Waals surface area contributed by atoms with Gasteiger partial charge in [-0.15, -0.1) is 23.1 Å². The monoisotopic (exact) mass is 262 g/mol. The number of hydrogen-bond acceptors (Lipinski definition) is 3. The third-order valence-corrected chi connectivity index (χ3v) is 4.40. The lowest BCUT2D eigenvalue weighted by atomic mass is 10.0. The summed E-state index contributed by atoms with van der Waals surface area (Å²) in [6, 6.07) is 9.77.